The zero-order chi connectivity index (χ0) is 27.0. The molecule has 1 aromatic heterocycles. The maximum absolute atomic E-state index is 12.8. The number of rotatable bonds is 8. The Morgan fingerprint density at radius 3 is 2.67 bits per heavy atom. The molecule has 1 atom stereocenters. The van der Waals surface area contributed by atoms with E-state index in [-0.39, 0.29) is 23.3 Å². The van der Waals surface area contributed by atoms with Gasteiger partial charge in [-0.3, -0.25) is 9.69 Å². The van der Waals surface area contributed by atoms with Gasteiger partial charge in [-0.15, -0.1) is 0 Å². The van der Waals surface area contributed by atoms with Crippen LogP contribution in [0.1, 0.15) is 65.2 Å². The molecule has 0 radical (unpaired) electrons. The Hall–Kier alpha value is -3.34. The van der Waals surface area contributed by atoms with Gasteiger partial charge in [-0.25, -0.2) is 0 Å². The minimum absolute atomic E-state index is 0.00543. The summed E-state index contributed by atoms with van der Waals surface area (Å²) in [6.45, 7) is 7.77. The number of nitrogens with zero attached hydrogens (tertiary/aromatic N) is 3. The van der Waals surface area contributed by atoms with E-state index >= 15 is 0 Å². The lowest BCUT2D eigenvalue weighted by Crippen LogP contribution is -2.48. The number of piperidine rings is 1. The summed E-state index contributed by atoms with van der Waals surface area (Å²) in [6, 6.07) is 15.2. The minimum Gasteiger partial charge on any atom is -0.496 e. The molecule has 0 unspecified atom stereocenters. The molecule has 39 heavy (non-hydrogen) atoms. The Kier molecular flexibility index (Phi) is 7.09. The van der Waals surface area contributed by atoms with Crippen LogP contribution in [0.3, 0.4) is 0 Å². The number of hydrogen-bond acceptors (Lipinski definition) is 5. The summed E-state index contributed by atoms with van der Waals surface area (Å²) in [5.74, 6) is 1.11. The lowest BCUT2D eigenvalue weighted by molar-refractivity contribution is -0.0298. The van der Waals surface area contributed by atoms with Crippen LogP contribution in [0.15, 0.2) is 42.6 Å². The molecule has 7 heteroatoms. The van der Waals surface area contributed by atoms with Gasteiger partial charge in [0.1, 0.15) is 5.75 Å². The number of nitriles is 1. The van der Waals surface area contributed by atoms with E-state index in [4.69, 9.17) is 4.74 Å². The van der Waals surface area contributed by atoms with E-state index in [1.54, 1.807) is 7.11 Å². The van der Waals surface area contributed by atoms with Gasteiger partial charge >= 0.3 is 0 Å². The third-order valence-electron chi connectivity index (χ3n) is 9.45. The first-order valence-electron chi connectivity index (χ1n) is 14.4. The molecule has 7 nitrogen and oxygen atoms in total. The number of amides is 1. The molecule has 2 saturated heterocycles. The van der Waals surface area contributed by atoms with Crippen LogP contribution in [0, 0.1) is 29.6 Å². The fourth-order valence-corrected chi connectivity index (χ4v) is 7.02. The number of carbonyl (C=O) groups excluding carboxylic acids is 1. The molecule has 3 heterocycles. The molecule has 2 N–H and O–H groups in total. The lowest BCUT2D eigenvalue weighted by atomic mass is 9.56. The number of nitrogens with one attached hydrogen (secondary N) is 2. The predicted molar refractivity (Wildman–Crippen MR) is 153 cm³/mol. The van der Waals surface area contributed by atoms with Gasteiger partial charge in [0.25, 0.3) is 5.91 Å². The van der Waals surface area contributed by atoms with E-state index in [2.05, 4.69) is 57.4 Å². The van der Waals surface area contributed by atoms with Crippen LogP contribution >= 0.6 is 0 Å². The summed E-state index contributed by atoms with van der Waals surface area (Å²) < 4.78 is 5.86. The molecule has 6 rings (SSSR count). The smallest absolute Gasteiger partial charge is 0.251 e. The fraction of sp³-hybridized carbons (Fsp3) is 0.500. The number of ether oxygens (including phenoxy) is 1. The van der Waals surface area contributed by atoms with Gasteiger partial charge in [-0.1, -0.05) is 12.1 Å². The van der Waals surface area contributed by atoms with Crippen LogP contribution in [0.5, 0.6) is 5.75 Å². The summed E-state index contributed by atoms with van der Waals surface area (Å²) in [6.07, 6.45) is 7.43. The van der Waals surface area contributed by atoms with Crippen molar-refractivity contribution < 1.29 is 9.53 Å². The molecule has 1 amide bonds. The van der Waals surface area contributed by atoms with E-state index in [0.29, 0.717) is 12.1 Å². The van der Waals surface area contributed by atoms with E-state index in [0.717, 1.165) is 69.7 Å². The Morgan fingerprint density at radius 1 is 1.18 bits per heavy atom. The summed E-state index contributed by atoms with van der Waals surface area (Å²) in [5, 5.41) is 13.8. The first-order valence-corrected chi connectivity index (χ1v) is 14.4. The predicted octanol–water partition coefficient (Wildman–Crippen LogP) is 5.18. The summed E-state index contributed by atoms with van der Waals surface area (Å²) in [4.78, 5) is 21.1. The van der Waals surface area contributed by atoms with Crippen LogP contribution < -0.4 is 10.1 Å². The van der Waals surface area contributed by atoms with Crippen LogP contribution in [0.25, 0.3) is 10.9 Å². The van der Waals surface area contributed by atoms with Gasteiger partial charge in [-0.05, 0) is 99.5 Å². The number of likely N-dealkylation sites (tertiary alicyclic amines) is 2. The number of carbonyl (C=O) groups is 1. The summed E-state index contributed by atoms with van der Waals surface area (Å²) in [7, 11) is 1.75. The van der Waals surface area contributed by atoms with Crippen LogP contribution in [-0.4, -0.2) is 60.5 Å². The molecule has 3 aromatic rings. The van der Waals surface area contributed by atoms with Gasteiger partial charge in [0.05, 0.1) is 13.2 Å². The van der Waals surface area contributed by atoms with E-state index in [1.165, 1.54) is 28.5 Å². The van der Waals surface area contributed by atoms with E-state index in [9.17, 15) is 10.1 Å². The van der Waals surface area contributed by atoms with Gasteiger partial charge < -0.3 is 19.9 Å². The van der Waals surface area contributed by atoms with Crippen molar-refractivity contribution in [3.63, 3.8) is 0 Å². The average molecular weight is 526 g/mol. The van der Waals surface area contributed by atoms with Crippen molar-refractivity contribution in [3.8, 4) is 11.8 Å². The summed E-state index contributed by atoms with van der Waals surface area (Å²) in [5.41, 5.74) is 5.75. The standard InChI is InChI=1S/C32H39N5O2/c1-22-16-29(39-2)27(26-8-10-34-30(22)26)21-37-14-9-32(17-23(18-32)20-33)19-28(37)24-4-6-25(7-5-24)31(38)35-11-15-36-12-3-13-36/h4-8,10,16,23,28,34H,3,9,11-15,17-19,21H2,1-2H3,(H,35,38)/t23?,28-,32?/m0/s1. The van der Waals surface area contributed by atoms with Gasteiger partial charge in [0.15, 0.2) is 0 Å². The molecule has 1 saturated carbocycles. The number of aryl methyl sites for hydroxylation is 1. The van der Waals surface area contributed by atoms with Crippen molar-refractivity contribution in [1.82, 2.24) is 20.1 Å². The van der Waals surface area contributed by atoms with Crippen molar-refractivity contribution >= 4 is 16.8 Å². The maximum atomic E-state index is 12.8. The highest BCUT2D eigenvalue weighted by molar-refractivity contribution is 5.94. The highest BCUT2D eigenvalue weighted by Gasteiger charge is 2.49. The molecule has 3 fully saturated rings. The molecule has 2 aliphatic heterocycles. The maximum Gasteiger partial charge on any atom is 0.251 e. The largest absolute Gasteiger partial charge is 0.496 e. The van der Waals surface area contributed by atoms with Crippen LogP contribution in [0.2, 0.25) is 0 Å². The zero-order valence-corrected chi connectivity index (χ0v) is 23.1. The van der Waals surface area contributed by atoms with E-state index in [1.807, 2.05) is 18.3 Å². The Bertz CT molecular complexity index is 1380. The molecule has 1 spiro atoms. The highest BCUT2D eigenvalue weighted by Crippen LogP contribution is 2.56. The molecule has 0 bridgehead atoms. The first kappa shape index (κ1) is 25.9. The molecular weight excluding hydrogens is 486 g/mol. The quantitative estimate of drug-likeness (QED) is 0.424. The second kappa shape index (κ2) is 10.7. The Morgan fingerprint density at radius 2 is 1.97 bits per heavy atom. The molecule has 2 aromatic carbocycles. The molecule has 1 aliphatic carbocycles. The minimum atomic E-state index is -0.00543. The topological polar surface area (TPSA) is 84.4 Å². The zero-order valence-electron chi connectivity index (χ0n) is 23.1. The van der Waals surface area contributed by atoms with E-state index < -0.39 is 0 Å². The van der Waals surface area contributed by atoms with Crippen LogP contribution in [0.4, 0.5) is 0 Å². The van der Waals surface area contributed by atoms with Crippen LogP contribution in [-0.2, 0) is 6.54 Å². The number of H-pyrrole nitrogens is 1. The van der Waals surface area contributed by atoms with Gasteiger partial charge in [0, 0.05) is 59.8 Å². The highest BCUT2D eigenvalue weighted by atomic mass is 16.5. The Labute approximate surface area is 231 Å². The van der Waals surface area contributed by atoms with Crippen molar-refractivity contribution in [2.45, 2.75) is 51.6 Å². The number of benzene rings is 2. The SMILES string of the molecule is COc1cc(C)c2[nH]ccc2c1CN1CCC2(CC(C#N)C2)C[C@H]1c1ccc(C(=O)NCCN2CCC2)cc1. The monoisotopic (exact) mass is 525 g/mol. The average Bonchev–Trinajstić information content (AvgIpc) is 3.41. The van der Waals surface area contributed by atoms with Crippen molar-refractivity contribution in [2.75, 3.05) is 39.8 Å². The number of hydrogen-bond donors (Lipinski definition) is 2. The first-order chi connectivity index (χ1) is 19.0. The number of aromatic nitrogens is 1. The van der Waals surface area contributed by atoms with Crippen molar-refractivity contribution in [2.24, 2.45) is 11.3 Å². The Balaban J connectivity index is 1.23. The fourth-order valence-electron chi connectivity index (χ4n) is 7.02. The number of aromatic amines is 1. The van der Waals surface area contributed by atoms with Gasteiger partial charge in [-0.2, -0.15) is 5.26 Å². The summed E-state index contributed by atoms with van der Waals surface area (Å²) >= 11 is 0. The second-order valence-corrected chi connectivity index (χ2v) is 11.9. The lowest BCUT2D eigenvalue weighted by Gasteiger charge is -2.53. The number of methoxy groups -OCH3 is 1. The normalized spacial score (nSPS) is 25.2. The molecule has 204 valence electrons. The molecule has 3 aliphatic rings. The number of fused-ring (bicyclic) bond motifs is 1. The van der Waals surface area contributed by atoms with Gasteiger partial charge in [0.2, 0.25) is 0 Å². The third-order valence-corrected chi connectivity index (χ3v) is 9.45. The van der Waals surface area contributed by atoms with Crippen molar-refractivity contribution in [1.29, 1.82) is 5.26 Å². The second-order valence-electron chi connectivity index (χ2n) is 11.9. The van der Waals surface area contributed by atoms with Crippen molar-refractivity contribution in [3.05, 3.63) is 64.8 Å². The molecular formula is C32H39N5O2. The third kappa shape index (κ3) is 5.04.